The minimum absolute atomic E-state index is 0.0246. The van der Waals surface area contributed by atoms with Crippen molar-refractivity contribution in [1.29, 1.82) is 0 Å². The highest BCUT2D eigenvalue weighted by molar-refractivity contribution is 6.04. The Bertz CT molecular complexity index is 1110. The van der Waals surface area contributed by atoms with Crippen molar-refractivity contribution in [2.24, 2.45) is 0 Å². The van der Waals surface area contributed by atoms with Gasteiger partial charge in [-0.3, -0.25) is 9.59 Å². The molecule has 0 bridgehead atoms. The molecule has 1 fully saturated rings. The molecule has 0 atom stereocenters. The maximum absolute atomic E-state index is 12.7. The standard InChI is InChI=1S/C25H22F3N3O2/c26-25(27,28)20-8-6-18(7-9-20)23(32)29-21-10-12-22(13-11-21)30-14-16-31(17-15-30)24(33)19-4-2-1-3-5-19/h1-13H,14-17H2,(H,29,32). The van der Waals surface area contributed by atoms with Gasteiger partial charge in [0.2, 0.25) is 0 Å². The predicted octanol–water partition coefficient (Wildman–Crippen LogP) is 4.92. The number of nitrogens with zero attached hydrogens (tertiary/aromatic N) is 2. The highest BCUT2D eigenvalue weighted by Crippen LogP contribution is 2.29. The zero-order valence-electron chi connectivity index (χ0n) is 17.7. The summed E-state index contributed by atoms with van der Waals surface area (Å²) in [5.41, 5.74) is 1.54. The van der Waals surface area contributed by atoms with E-state index >= 15 is 0 Å². The molecule has 1 heterocycles. The molecule has 8 heteroatoms. The lowest BCUT2D eigenvalue weighted by atomic mass is 10.1. The molecule has 1 saturated heterocycles. The average molecular weight is 453 g/mol. The third-order valence-electron chi connectivity index (χ3n) is 5.55. The van der Waals surface area contributed by atoms with Crippen LogP contribution in [0.5, 0.6) is 0 Å². The van der Waals surface area contributed by atoms with Crippen molar-refractivity contribution in [2.75, 3.05) is 36.4 Å². The Balaban J connectivity index is 1.32. The first kappa shape index (κ1) is 22.4. The van der Waals surface area contributed by atoms with E-state index in [1.54, 1.807) is 12.1 Å². The van der Waals surface area contributed by atoms with E-state index < -0.39 is 17.6 Å². The van der Waals surface area contributed by atoms with Gasteiger partial charge in [0.25, 0.3) is 11.8 Å². The number of anilines is 2. The fraction of sp³-hybridized carbons (Fsp3) is 0.200. The normalized spacial score (nSPS) is 14.2. The van der Waals surface area contributed by atoms with Gasteiger partial charge < -0.3 is 15.1 Å². The first-order valence-electron chi connectivity index (χ1n) is 10.5. The van der Waals surface area contributed by atoms with E-state index in [9.17, 15) is 22.8 Å². The summed E-state index contributed by atoms with van der Waals surface area (Å²) in [7, 11) is 0. The molecule has 2 amide bonds. The van der Waals surface area contributed by atoms with Crippen LogP contribution in [-0.4, -0.2) is 42.9 Å². The number of alkyl halides is 3. The lowest BCUT2D eigenvalue weighted by Crippen LogP contribution is -2.48. The summed E-state index contributed by atoms with van der Waals surface area (Å²) in [5.74, 6) is -0.457. The van der Waals surface area contributed by atoms with Gasteiger partial charge in [0.05, 0.1) is 5.56 Å². The average Bonchev–Trinajstić information content (AvgIpc) is 2.84. The molecule has 4 rings (SSSR count). The second-order valence-corrected chi connectivity index (χ2v) is 7.72. The van der Waals surface area contributed by atoms with Crippen LogP contribution in [-0.2, 0) is 6.18 Å². The van der Waals surface area contributed by atoms with Crippen LogP contribution < -0.4 is 10.2 Å². The van der Waals surface area contributed by atoms with Gasteiger partial charge in [0, 0.05) is 48.7 Å². The van der Waals surface area contributed by atoms with E-state index in [1.165, 1.54) is 0 Å². The van der Waals surface area contributed by atoms with Crippen LogP contribution in [0.4, 0.5) is 24.5 Å². The maximum atomic E-state index is 12.7. The molecule has 5 nitrogen and oxygen atoms in total. The van der Waals surface area contributed by atoms with E-state index in [-0.39, 0.29) is 11.5 Å². The SMILES string of the molecule is O=C(Nc1ccc(N2CCN(C(=O)c3ccccc3)CC2)cc1)c1ccc(C(F)(F)F)cc1. The summed E-state index contributed by atoms with van der Waals surface area (Å²) in [6.45, 7) is 2.60. The summed E-state index contributed by atoms with van der Waals surface area (Å²) in [6.07, 6.45) is -4.44. The third-order valence-corrected chi connectivity index (χ3v) is 5.55. The van der Waals surface area contributed by atoms with Gasteiger partial charge >= 0.3 is 6.18 Å². The van der Waals surface area contributed by atoms with Crippen LogP contribution in [0.1, 0.15) is 26.3 Å². The number of rotatable bonds is 4. The molecule has 0 aromatic heterocycles. The van der Waals surface area contributed by atoms with Gasteiger partial charge in [-0.15, -0.1) is 0 Å². The van der Waals surface area contributed by atoms with Crippen LogP contribution in [0.15, 0.2) is 78.9 Å². The lowest BCUT2D eigenvalue weighted by Gasteiger charge is -2.36. The molecule has 0 saturated carbocycles. The Hall–Kier alpha value is -3.81. The van der Waals surface area contributed by atoms with Crippen LogP contribution in [0.3, 0.4) is 0 Å². The van der Waals surface area contributed by atoms with Crippen molar-refractivity contribution >= 4 is 23.2 Å². The number of carbonyl (C=O) groups excluding carboxylic acids is 2. The third kappa shape index (κ3) is 5.34. The second kappa shape index (κ2) is 9.36. The monoisotopic (exact) mass is 453 g/mol. The van der Waals surface area contributed by atoms with Gasteiger partial charge in [-0.2, -0.15) is 13.2 Å². The van der Waals surface area contributed by atoms with E-state index in [2.05, 4.69) is 10.2 Å². The number of piperazine rings is 1. The minimum atomic E-state index is -4.44. The molecular weight excluding hydrogens is 431 g/mol. The van der Waals surface area contributed by atoms with Crippen molar-refractivity contribution in [3.05, 3.63) is 95.6 Å². The minimum Gasteiger partial charge on any atom is -0.368 e. The number of hydrogen-bond donors (Lipinski definition) is 1. The number of nitrogens with one attached hydrogen (secondary N) is 1. The molecule has 3 aromatic carbocycles. The van der Waals surface area contributed by atoms with Crippen molar-refractivity contribution in [1.82, 2.24) is 4.90 Å². The van der Waals surface area contributed by atoms with Gasteiger partial charge in [0.1, 0.15) is 0 Å². The quantitative estimate of drug-likeness (QED) is 0.610. The molecule has 33 heavy (non-hydrogen) atoms. The number of halogens is 3. The molecule has 1 N–H and O–H groups in total. The fourth-order valence-electron chi connectivity index (χ4n) is 3.70. The molecule has 0 radical (unpaired) electrons. The predicted molar refractivity (Wildman–Crippen MR) is 120 cm³/mol. The maximum Gasteiger partial charge on any atom is 0.416 e. The van der Waals surface area contributed by atoms with Gasteiger partial charge in [-0.05, 0) is 60.7 Å². The Morgan fingerprint density at radius 1 is 0.727 bits per heavy atom. The van der Waals surface area contributed by atoms with Gasteiger partial charge in [-0.25, -0.2) is 0 Å². The molecule has 1 aliphatic rings. The highest BCUT2D eigenvalue weighted by Gasteiger charge is 2.30. The second-order valence-electron chi connectivity index (χ2n) is 7.72. The largest absolute Gasteiger partial charge is 0.416 e. The Labute approximate surface area is 189 Å². The molecule has 0 aliphatic carbocycles. The lowest BCUT2D eigenvalue weighted by molar-refractivity contribution is -0.137. The smallest absolute Gasteiger partial charge is 0.368 e. The number of amides is 2. The summed E-state index contributed by atoms with van der Waals surface area (Å²) >= 11 is 0. The first-order valence-corrected chi connectivity index (χ1v) is 10.5. The summed E-state index contributed by atoms with van der Waals surface area (Å²) in [5, 5.41) is 2.70. The van der Waals surface area contributed by atoms with Gasteiger partial charge in [0.15, 0.2) is 0 Å². The molecule has 170 valence electrons. The Morgan fingerprint density at radius 2 is 1.33 bits per heavy atom. The Morgan fingerprint density at radius 3 is 1.91 bits per heavy atom. The Kier molecular flexibility index (Phi) is 6.35. The molecular formula is C25H22F3N3O2. The topological polar surface area (TPSA) is 52.7 Å². The highest BCUT2D eigenvalue weighted by atomic mass is 19.4. The van der Waals surface area contributed by atoms with E-state index in [4.69, 9.17) is 0 Å². The van der Waals surface area contributed by atoms with E-state index in [0.717, 1.165) is 30.0 Å². The summed E-state index contributed by atoms with van der Waals surface area (Å²) in [6, 6.07) is 20.5. The van der Waals surface area contributed by atoms with Crippen molar-refractivity contribution in [3.63, 3.8) is 0 Å². The van der Waals surface area contributed by atoms with Crippen molar-refractivity contribution in [2.45, 2.75) is 6.18 Å². The van der Waals surface area contributed by atoms with E-state index in [1.807, 2.05) is 47.4 Å². The van der Waals surface area contributed by atoms with Crippen molar-refractivity contribution < 1.29 is 22.8 Å². The van der Waals surface area contributed by atoms with E-state index in [0.29, 0.717) is 37.4 Å². The first-order chi connectivity index (χ1) is 15.8. The van der Waals surface area contributed by atoms with Crippen LogP contribution in [0.2, 0.25) is 0 Å². The zero-order chi connectivity index (χ0) is 23.4. The van der Waals surface area contributed by atoms with Gasteiger partial charge in [-0.1, -0.05) is 18.2 Å². The van der Waals surface area contributed by atoms with Crippen LogP contribution in [0.25, 0.3) is 0 Å². The fourth-order valence-corrected chi connectivity index (χ4v) is 3.70. The number of carbonyl (C=O) groups is 2. The molecule has 0 spiro atoms. The van der Waals surface area contributed by atoms with Crippen molar-refractivity contribution in [3.8, 4) is 0 Å². The van der Waals surface area contributed by atoms with Crippen LogP contribution >= 0.6 is 0 Å². The number of benzene rings is 3. The number of hydrogen-bond acceptors (Lipinski definition) is 3. The molecule has 3 aromatic rings. The summed E-state index contributed by atoms with van der Waals surface area (Å²) in [4.78, 5) is 28.9. The molecule has 0 unspecified atom stereocenters. The molecule has 1 aliphatic heterocycles. The van der Waals surface area contributed by atoms with Crippen LogP contribution in [0, 0.1) is 0 Å². The summed E-state index contributed by atoms with van der Waals surface area (Å²) < 4.78 is 38.0. The zero-order valence-corrected chi connectivity index (χ0v) is 17.7.